The average molecular weight is 243 g/mol. The minimum absolute atomic E-state index is 0.368. The number of rotatable bonds is 2. The van der Waals surface area contributed by atoms with E-state index in [-0.39, 0.29) is 0 Å². The second kappa shape index (κ2) is 3.92. The van der Waals surface area contributed by atoms with Gasteiger partial charge in [0.2, 0.25) is 5.82 Å². The van der Waals surface area contributed by atoms with Crippen LogP contribution in [0.25, 0.3) is 17.4 Å². The Kier molecular flexibility index (Phi) is 2.38. The van der Waals surface area contributed by atoms with Crippen molar-refractivity contribution in [3.8, 4) is 11.6 Å². The van der Waals surface area contributed by atoms with Crippen molar-refractivity contribution in [1.82, 2.24) is 19.6 Å². The van der Waals surface area contributed by atoms with Gasteiger partial charge in [-0.1, -0.05) is 0 Å². The van der Waals surface area contributed by atoms with Crippen LogP contribution in [0.5, 0.6) is 0 Å². The summed E-state index contributed by atoms with van der Waals surface area (Å²) in [4.78, 5) is 4.33. The molecule has 18 heavy (non-hydrogen) atoms. The molecule has 0 radical (unpaired) electrons. The second-order valence-corrected chi connectivity index (χ2v) is 4.17. The predicted molar refractivity (Wildman–Crippen MR) is 65.8 cm³/mol. The summed E-state index contributed by atoms with van der Waals surface area (Å²) in [5.74, 6) is 2.60. The molecule has 92 valence electrons. The molecule has 0 aliphatic heterocycles. The molecule has 0 aromatic carbocycles. The smallest absolute Gasteiger partial charge is 0.255 e. The Balaban J connectivity index is 2.23. The van der Waals surface area contributed by atoms with Crippen molar-refractivity contribution in [2.45, 2.75) is 20.4 Å². The van der Waals surface area contributed by atoms with Crippen LogP contribution in [0.3, 0.4) is 0 Å². The Hall–Kier alpha value is -2.21. The van der Waals surface area contributed by atoms with Crippen molar-refractivity contribution in [1.29, 1.82) is 0 Å². The molecule has 6 heteroatoms. The van der Waals surface area contributed by atoms with E-state index in [9.17, 15) is 0 Å². The molecule has 0 amide bonds. The van der Waals surface area contributed by atoms with Gasteiger partial charge in [-0.2, -0.15) is 0 Å². The lowest BCUT2D eigenvalue weighted by molar-refractivity contribution is 0.521. The summed E-state index contributed by atoms with van der Waals surface area (Å²) in [6.07, 6.45) is 0. The lowest BCUT2D eigenvalue weighted by Crippen LogP contribution is -1.98. The van der Waals surface area contributed by atoms with Gasteiger partial charge in [0, 0.05) is 11.4 Å². The first-order chi connectivity index (χ1) is 8.69. The number of nitrogens with two attached hydrogens (primary N) is 1. The van der Waals surface area contributed by atoms with E-state index in [0.29, 0.717) is 23.9 Å². The summed E-state index contributed by atoms with van der Waals surface area (Å²) in [6.45, 7) is 4.29. The monoisotopic (exact) mass is 243 g/mol. The average Bonchev–Trinajstić information content (AvgIpc) is 2.93. The molecule has 0 bridgehead atoms. The van der Waals surface area contributed by atoms with Gasteiger partial charge < -0.3 is 10.2 Å². The maximum Gasteiger partial charge on any atom is 0.255 e. The number of hydrogen-bond acceptors (Lipinski definition) is 5. The highest BCUT2D eigenvalue weighted by Gasteiger charge is 2.14. The minimum atomic E-state index is 0.368. The van der Waals surface area contributed by atoms with Gasteiger partial charge in [0.15, 0.2) is 5.76 Å². The van der Waals surface area contributed by atoms with E-state index in [1.807, 2.05) is 36.4 Å². The predicted octanol–water partition coefficient (Wildman–Crippen LogP) is 1.46. The second-order valence-electron chi connectivity index (χ2n) is 4.17. The quantitative estimate of drug-likeness (QED) is 0.736. The van der Waals surface area contributed by atoms with Gasteiger partial charge in [-0.25, -0.2) is 4.98 Å². The molecule has 0 saturated carbocycles. The third-order valence-electron chi connectivity index (χ3n) is 2.78. The van der Waals surface area contributed by atoms with Gasteiger partial charge >= 0.3 is 0 Å². The molecule has 3 rings (SSSR count). The van der Waals surface area contributed by atoms with Crippen LogP contribution in [0.15, 0.2) is 22.6 Å². The topological polar surface area (TPSA) is 82.2 Å². The van der Waals surface area contributed by atoms with E-state index in [1.54, 1.807) is 0 Å². The number of aryl methyl sites for hydroxylation is 2. The molecule has 0 atom stereocenters. The molecule has 0 unspecified atom stereocenters. The fraction of sp³-hybridized carbons (Fsp3) is 0.250. The molecular weight excluding hydrogens is 230 g/mol. The van der Waals surface area contributed by atoms with Crippen LogP contribution < -0.4 is 5.73 Å². The molecule has 0 aliphatic carbocycles. The summed E-state index contributed by atoms with van der Waals surface area (Å²) < 4.78 is 7.46. The zero-order valence-corrected chi connectivity index (χ0v) is 10.2. The van der Waals surface area contributed by atoms with Crippen molar-refractivity contribution in [3.63, 3.8) is 0 Å². The van der Waals surface area contributed by atoms with Crippen molar-refractivity contribution in [2.24, 2.45) is 5.73 Å². The van der Waals surface area contributed by atoms with E-state index in [1.165, 1.54) is 0 Å². The number of hydrogen-bond donors (Lipinski definition) is 1. The Bertz CT molecular complexity index is 712. The molecule has 3 heterocycles. The Morgan fingerprint density at radius 3 is 2.83 bits per heavy atom. The minimum Gasteiger partial charge on any atom is -0.456 e. The SMILES string of the molecule is Cc1cc(C)n2c(-c3ccc(CN)o3)nnc2n1. The van der Waals surface area contributed by atoms with E-state index >= 15 is 0 Å². The Morgan fingerprint density at radius 1 is 1.28 bits per heavy atom. The van der Waals surface area contributed by atoms with E-state index in [2.05, 4.69) is 15.2 Å². The molecule has 2 N–H and O–H groups in total. The van der Waals surface area contributed by atoms with E-state index in [0.717, 1.165) is 17.1 Å². The molecule has 3 aromatic heterocycles. The van der Waals surface area contributed by atoms with Crippen LogP contribution in [-0.2, 0) is 6.54 Å². The summed E-state index contributed by atoms with van der Waals surface area (Å²) in [5.41, 5.74) is 7.46. The van der Waals surface area contributed by atoms with Crippen LogP contribution in [-0.4, -0.2) is 19.6 Å². The van der Waals surface area contributed by atoms with Crippen molar-refractivity contribution in [2.75, 3.05) is 0 Å². The van der Waals surface area contributed by atoms with Crippen molar-refractivity contribution in [3.05, 3.63) is 35.3 Å². The van der Waals surface area contributed by atoms with Gasteiger partial charge in [-0.15, -0.1) is 10.2 Å². The first kappa shape index (κ1) is 10.9. The molecule has 6 nitrogen and oxygen atoms in total. The third-order valence-corrected chi connectivity index (χ3v) is 2.78. The van der Waals surface area contributed by atoms with E-state index in [4.69, 9.17) is 10.2 Å². The van der Waals surface area contributed by atoms with Crippen LogP contribution in [0.2, 0.25) is 0 Å². The fourth-order valence-corrected chi connectivity index (χ4v) is 2.00. The van der Waals surface area contributed by atoms with Gasteiger partial charge in [0.05, 0.1) is 6.54 Å². The van der Waals surface area contributed by atoms with Crippen LogP contribution in [0.4, 0.5) is 0 Å². The van der Waals surface area contributed by atoms with E-state index < -0.39 is 0 Å². The molecule has 0 saturated heterocycles. The number of nitrogens with zero attached hydrogens (tertiary/aromatic N) is 4. The van der Waals surface area contributed by atoms with Crippen molar-refractivity contribution < 1.29 is 4.42 Å². The highest BCUT2D eigenvalue weighted by atomic mass is 16.3. The zero-order chi connectivity index (χ0) is 12.7. The van der Waals surface area contributed by atoms with Gasteiger partial charge in [-0.05, 0) is 32.0 Å². The molecule has 0 fully saturated rings. The summed E-state index contributed by atoms with van der Waals surface area (Å²) in [6, 6.07) is 5.66. The first-order valence-corrected chi connectivity index (χ1v) is 5.67. The maximum atomic E-state index is 5.59. The number of fused-ring (bicyclic) bond motifs is 1. The lowest BCUT2D eigenvalue weighted by atomic mass is 10.3. The van der Waals surface area contributed by atoms with Crippen LogP contribution in [0, 0.1) is 13.8 Å². The third kappa shape index (κ3) is 1.58. The standard InChI is InChI=1S/C12H13N5O/c1-7-5-8(2)17-11(15-16-12(17)14-7)10-4-3-9(6-13)18-10/h3-5H,6,13H2,1-2H3. The number of aromatic nitrogens is 4. The van der Waals surface area contributed by atoms with Gasteiger partial charge in [0.1, 0.15) is 5.76 Å². The van der Waals surface area contributed by atoms with Gasteiger partial charge in [0.25, 0.3) is 5.78 Å². The Labute approximate surface area is 103 Å². The number of furan rings is 1. The summed E-state index contributed by atoms with van der Waals surface area (Å²) >= 11 is 0. The lowest BCUT2D eigenvalue weighted by Gasteiger charge is -2.02. The highest BCUT2D eigenvalue weighted by Crippen LogP contribution is 2.21. The highest BCUT2D eigenvalue weighted by molar-refractivity contribution is 5.53. The molecule has 0 spiro atoms. The van der Waals surface area contributed by atoms with Crippen LogP contribution in [0.1, 0.15) is 17.1 Å². The normalized spacial score (nSPS) is 11.3. The summed E-state index contributed by atoms with van der Waals surface area (Å²) in [7, 11) is 0. The maximum absolute atomic E-state index is 5.59. The molecule has 0 aliphatic rings. The fourth-order valence-electron chi connectivity index (χ4n) is 2.00. The molecule has 3 aromatic rings. The largest absolute Gasteiger partial charge is 0.456 e. The van der Waals surface area contributed by atoms with Crippen LogP contribution >= 0.6 is 0 Å². The first-order valence-electron chi connectivity index (χ1n) is 5.67. The summed E-state index contributed by atoms with van der Waals surface area (Å²) in [5, 5.41) is 8.19. The van der Waals surface area contributed by atoms with Gasteiger partial charge in [-0.3, -0.25) is 4.40 Å². The Morgan fingerprint density at radius 2 is 2.11 bits per heavy atom. The van der Waals surface area contributed by atoms with Crippen molar-refractivity contribution >= 4 is 5.78 Å². The zero-order valence-electron chi connectivity index (χ0n) is 10.2. The molecular formula is C12H13N5O.